The van der Waals surface area contributed by atoms with Crippen LogP contribution < -0.4 is 0 Å². The lowest BCUT2D eigenvalue weighted by atomic mass is 10.1. The first-order valence-corrected chi connectivity index (χ1v) is 5.38. The average molecular weight is 232 g/mol. The Bertz CT molecular complexity index is 552. The summed E-state index contributed by atoms with van der Waals surface area (Å²) in [6.07, 6.45) is 3.50. The van der Waals surface area contributed by atoms with E-state index in [1.807, 2.05) is 35.9 Å². The number of benzene rings is 1. The first-order valence-electron chi connectivity index (χ1n) is 4.84. The Labute approximate surface area is 98.9 Å². The van der Waals surface area contributed by atoms with Gasteiger partial charge in [-0.05, 0) is 24.6 Å². The van der Waals surface area contributed by atoms with Gasteiger partial charge in [0.15, 0.2) is 0 Å². The third-order valence-corrected chi connectivity index (χ3v) is 2.60. The van der Waals surface area contributed by atoms with Gasteiger partial charge in [-0.1, -0.05) is 6.07 Å². The zero-order chi connectivity index (χ0) is 11.5. The fourth-order valence-electron chi connectivity index (χ4n) is 1.53. The summed E-state index contributed by atoms with van der Waals surface area (Å²) in [6.45, 7) is 1.96. The van der Waals surface area contributed by atoms with Crippen molar-refractivity contribution in [2.24, 2.45) is 0 Å². The second kappa shape index (κ2) is 4.38. The molecule has 16 heavy (non-hydrogen) atoms. The molecule has 4 heteroatoms. The van der Waals surface area contributed by atoms with E-state index in [1.165, 1.54) is 0 Å². The minimum Gasteiger partial charge on any atom is -0.305 e. The zero-order valence-corrected chi connectivity index (χ0v) is 9.57. The third kappa shape index (κ3) is 1.93. The average Bonchev–Trinajstić information content (AvgIpc) is 2.77. The molecule has 0 saturated carbocycles. The maximum atomic E-state index is 9.06. The fourth-order valence-corrected chi connectivity index (χ4v) is 1.67. The second-order valence-electron chi connectivity index (χ2n) is 3.54. The van der Waals surface area contributed by atoms with E-state index in [1.54, 1.807) is 6.33 Å². The van der Waals surface area contributed by atoms with Crippen LogP contribution in [-0.2, 0) is 5.88 Å². The molecule has 0 aliphatic carbocycles. The van der Waals surface area contributed by atoms with Crippen LogP contribution in [0.2, 0.25) is 0 Å². The van der Waals surface area contributed by atoms with Crippen LogP contribution in [0.25, 0.3) is 5.69 Å². The van der Waals surface area contributed by atoms with Crippen LogP contribution in [0.3, 0.4) is 0 Å². The summed E-state index contributed by atoms with van der Waals surface area (Å²) in [5.74, 6) is 0.376. The van der Waals surface area contributed by atoms with Crippen LogP contribution in [0, 0.1) is 18.3 Å². The van der Waals surface area contributed by atoms with Crippen molar-refractivity contribution in [1.82, 2.24) is 9.55 Å². The van der Waals surface area contributed by atoms with E-state index in [4.69, 9.17) is 16.9 Å². The smallest absolute Gasteiger partial charge is 0.101 e. The number of imidazole rings is 1. The van der Waals surface area contributed by atoms with Gasteiger partial charge < -0.3 is 4.57 Å². The maximum Gasteiger partial charge on any atom is 0.101 e. The highest BCUT2D eigenvalue weighted by Crippen LogP contribution is 2.16. The van der Waals surface area contributed by atoms with Crippen LogP contribution in [-0.4, -0.2) is 9.55 Å². The van der Waals surface area contributed by atoms with Gasteiger partial charge in [-0.2, -0.15) is 5.26 Å². The summed E-state index contributed by atoms with van der Waals surface area (Å²) < 4.78 is 1.82. The fraction of sp³-hybridized carbons (Fsp3) is 0.167. The predicted octanol–water partition coefficient (Wildman–Crippen LogP) is 2.79. The monoisotopic (exact) mass is 231 g/mol. The Morgan fingerprint density at radius 3 is 2.94 bits per heavy atom. The molecule has 0 aliphatic rings. The highest BCUT2D eigenvalue weighted by atomic mass is 35.5. The van der Waals surface area contributed by atoms with Crippen molar-refractivity contribution >= 4 is 11.6 Å². The number of hydrogen-bond acceptors (Lipinski definition) is 2. The zero-order valence-electron chi connectivity index (χ0n) is 8.81. The van der Waals surface area contributed by atoms with Gasteiger partial charge in [-0.25, -0.2) is 4.98 Å². The van der Waals surface area contributed by atoms with Crippen molar-refractivity contribution in [2.45, 2.75) is 12.8 Å². The summed E-state index contributed by atoms with van der Waals surface area (Å²) in [4.78, 5) is 4.13. The molecule has 1 aromatic heterocycles. The number of aromatic nitrogens is 2. The number of nitriles is 1. The molecule has 3 nitrogen and oxygen atoms in total. The van der Waals surface area contributed by atoms with E-state index in [0.717, 1.165) is 16.9 Å². The standard InChI is InChI=1S/C12H10ClN3/c1-9-2-3-12(10(4-9)6-14)16-7-11(5-13)15-8-16/h2-4,7-8H,5H2,1H3. The Kier molecular flexibility index (Phi) is 2.93. The van der Waals surface area contributed by atoms with E-state index in [9.17, 15) is 0 Å². The SMILES string of the molecule is Cc1ccc(-n2cnc(CCl)c2)c(C#N)c1. The molecular weight excluding hydrogens is 222 g/mol. The number of halogens is 1. The second-order valence-corrected chi connectivity index (χ2v) is 3.81. The molecule has 2 aromatic rings. The lowest BCUT2D eigenvalue weighted by molar-refractivity contribution is 1.05. The van der Waals surface area contributed by atoms with Gasteiger partial charge in [0.2, 0.25) is 0 Å². The minimum atomic E-state index is 0.376. The molecule has 0 bridgehead atoms. The molecule has 0 amide bonds. The largest absolute Gasteiger partial charge is 0.305 e. The summed E-state index contributed by atoms with van der Waals surface area (Å²) in [6, 6.07) is 7.92. The minimum absolute atomic E-state index is 0.376. The number of hydrogen-bond donors (Lipinski definition) is 0. The van der Waals surface area contributed by atoms with Crippen molar-refractivity contribution in [1.29, 1.82) is 5.26 Å². The summed E-state index contributed by atoms with van der Waals surface area (Å²) in [7, 11) is 0. The molecular formula is C12H10ClN3. The Morgan fingerprint density at radius 2 is 2.31 bits per heavy atom. The van der Waals surface area contributed by atoms with Gasteiger partial charge in [0.25, 0.3) is 0 Å². The number of alkyl halides is 1. The van der Waals surface area contributed by atoms with Gasteiger partial charge in [-0.3, -0.25) is 0 Å². The Morgan fingerprint density at radius 1 is 1.50 bits per heavy atom. The lowest BCUT2D eigenvalue weighted by Crippen LogP contribution is -1.94. The van der Waals surface area contributed by atoms with Crippen LogP contribution in [0.4, 0.5) is 0 Å². The van der Waals surface area contributed by atoms with E-state index >= 15 is 0 Å². The topological polar surface area (TPSA) is 41.6 Å². The molecule has 2 rings (SSSR count). The van der Waals surface area contributed by atoms with Crippen LogP contribution >= 0.6 is 11.6 Å². The number of rotatable bonds is 2. The molecule has 0 spiro atoms. The van der Waals surface area contributed by atoms with Crippen molar-refractivity contribution < 1.29 is 0 Å². The van der Waals surface area contributed by atoms with E-state index in [2.05, 4.69) is 11.1 Å². The third-order valence-electron chi connectivity index (χ3n) is 2.32. The summed E-state index contributed by atoms with van der Waals surface area (Å²) >= 11 is 5.69. The molecule has 0 atom stereocenters. The van der Waals surface area contributed by atoms with E-state index in [0.29, 0.717) is 11.4 Å². The molecule has 1 aromatic carbocycles. The predicted molar refractivity (Wildman–Crippen MR) is 62.6 cm³/mol. The van der Waals surface area contributed by atoms with E-state index < -0.39 is 0 Å². The molecule has 0 N–H and O–H groups in total. The van der Waals surface area contributed by atoms with Gasteiger partial charge in [0.05, 0.1) is 29.2 Å². The normalized spacial score (nSPS) is 10.1. The Balaban J connectivity index is 2.51. The maximum absolute atomic E-state index is 9.06. The highest BCUT2D eigenvalue weighted by molar-refractivity contribution is 6.16. The van der Waals surface area contributed by atoms with Crippen molar-refractivity contribution in [3.05, 3.63) is 47.5 Å². The summed E-state index contributed by atoms with van der Waals surface area (Å²) in [5.41, 5.74) is 3.33. The molecule has 0 radical (unpaired) electrons. The Hall–Kier alpha value is -1.79. The molecule has 0 saturated heterocycles. The molecule has 0 aliphatic heterocycles. The van der Waals surface area contributed by atoms with Crippen LogP contribution in [0.5, 0.6) is 0 Å². The van der Waals surface area contributed by atoms with Crippen molar-refractivity contribution in [3.63, 3.8) is 0 Å². The van der Waals surface area contributed by atoms with E-state index in [-0.39, 0.29) is 0 Å². The first-order chi connectivity index (χ1) is 7.74. The lowest BCUT2D eigenvalue weighted by Gasteiger charge is -2.05. The molecule has 0 unspecified atom stereocenters. The molecule has 0 fully saturated rings. The van der Waals surface area contributed by atoms with Crippen LogP contribution in [0.1, 0.15) is 16.8 Å². The van der Waals surface area contributed by atoms with Gasteiger partial charge in [-0.15, -0.1) is 11.6 Å². The van der Waals surface area contributed by atoms with Gasteiger partial charge >= 0.3 is 0 Å². The summed E-state index contributed by atoms with van der Waals surface area (Å²) in [5, 5.41) is 9.06. The van der Waals surface area contributed by atoms with Crippen molar-refractivity contribution in [3.8, 4) is 11.8 Å². The number of aryl methyl sites for hydroxylation is 1. The van der Waals surface area contributed by atoms with Gasteiger partial charge in [0, 0.05) is 6.20 Å². The van der Waals surface area contributed by atoms with Crippen LogP contribution in [0.15, 0.2) is 30.7 Å². The number of nitrogens with zero attached hydrogens (tertiary/aromatic N) is 3. The van der Waals surface area contributed by atoms with Gasteiger partial charge in [0.1, 0.15) is 6.07 Å². The van der Waals surface area contributed by atoms with Crippen molar-refractivity contribution in [2.75, 3.05) is 0 Å². The first kappa shape index (κ1) is 10.7. The highest BCUT2D eigenvalue weighted by Gasteiger charge is 2.05. The quantitative estimate of drug-likeness (QED) is 0.746. The molecule has 80 valence electrons. The molecule has 1 heterocycles.